The van der Waals surface area contributed by atoms with Crippen LogP contribution in [0.1, 0.15) is 5.69 Å². The number of methoxy groups -OCH3 is 1. The van der Waals surface area contributed by atoms with E-state index in [-0.39, 0.29) is 5.82 Å². The number of hydrogen-bond acceptors (Lipinski definition) is 2. The second-order valence-corrected chi connectivity index (χ2v) is 6.01. The van der Waals surface area contributed by atoms with Crippen LogP contribution in [-0.2, 0) is 0 Å². The van der Waals surface area contributed by atoms with Crippen molar-refractivity contribution in [1.82, 2.24) is 9.97 Å². The van der Waals surface area contributed by atoms with Gasteiger partial charge < -0.3 is 9.72 Å². The molecule has 0 saturated heterocycles. The van der Waals surface area contributed by atoms with Gasteiger partial charge in [0.2, 0.25) is 0 Å². The summed E-state index contributed by atoms with van der Waals surface area (Å²) in [5, 5.41) is 0. The van der Waals surface area contributed by atoms with E-state index in [2.05, 4.69) is 9.97 Å². The quantitative estimate of drug-likeness (QED) is 0.549. The van der Waals surface area contributed by atoms with Crippen LogP contribution in [0.5, 0.6) is 5.75 Å². The fraction of sp³-hybridized carbons (Fsp3) is 0.0952. The third-order valence-electron chi connectivity index (χ3n) is 4.27. The van der Waals surface area contributed by atoms with E-state index in [1.807, 2.05) is 61.5 Å². The molecule has 4 rings (SSSR count). The Bertz CT molecular complexity index is 1030. The molecule has 0 aliphatic carbocycles. The molecule has 1 N–H and O–H groups in total. The second kappa shape index (κ2) is 6.06. The van der Waals surface area contributed by atoms with E-state index in [1.165, 1.54) is 6.07 Å². The van der Waals surface area contributed by atoms with Gasteiger partial charge in [0.05, 0.1) is 18.1 Å². The maximum Gasteiger partial charge on any atom is 0.151 e. The average Bonchev–Trinajstić information content (AvgIpc) is 3.00. The molecule has 124 valence electrons. The van der Waals surface area contributed by atoms with Crippen LogP contribution in [-0.4, -0.2) is 17.1 Å². The van der Waals surface area contributed by atoms with Gasteiger partial charge in [-0.25, -0.2) is 9.37 Å². The zero-order valence-corrected chi connectivity index (χ0v) is 14.0. The van der Waals surface area contributed by atoms with Crippen LogP contribution in [0.2, 0.25) is 0 Å². The van der Waals surface area contributed by atoms with E-state index in [9.17, 15) is 4.39 Å². The first-order chi connectivity index (χ1) is 12.1. The summed E-state index contributed by atoms with van der Waals surface area (Å²) in [6.07, 6.45) is 0. The van der Waals surface area contributed by atoms with Crippen LogP contribution in [0.4, 0.5) is 4.39 Å². The number of pyridine rings is 1. The maximum absolute atomic E-state index is 14.4. The molecule has 0 unspecified atom stereocenters. The predicted octanol–water partition coefficient (Wildman–Crippen LogP) is 5.35. The molecule has 2 aromatic heterocycles. The lowest BCUT2D eigenvalue weighted by Gasteiger charge is -2.07. The van der Waals surface area contributed by atoms with Crippen molar-refractivity contribution < 1.29 is 9.13 Å². The number of aromatic nitrogens is 2. The molecule has 0 aliphatic rings. The van der Waals surface area contributed by atoms with Gasteiger partial charge in [-0.05, 0) is 36.2 Å². The van der Waals surface area contributed by atoms with Gasteiger partial charge >= 0.3 is 0 Å². The molecular formula is C21H17FN2O. The number of nitrogens with one attached hydrogen (secondary N) is 1. The standard InChI is InChI=1S/C21H17FN2O/c1-13-11-19-20(23-13)12-18(22)21(24-19)16-5-3-14(4-6-16)15-7-9-17(25-2)10-8-15/h3-12,23H,1-2H3. The first-order valence-electron chi connectivity index (χ1n) is 8.05. The van der Waals surface area contributed by atoms with Crippen molar-refractivity contribution in [2.75, 3.05) is 7.11 Å². The molecular weight excluding hydrogens is 315 g/mol. The summed E-state index contributed by atoms with van der Waals surface area (Å²) in [6, 6.07) is 19.0. The van der Waals surface area contributed by atoms with Gasteiger partial charge in [0, 0.05) is 17.3 Å². The molecule has 0 bridgehead atoms. The Morgan fingerprint density at radius 3 is 2.12 bits per heavy atom. The van der Waals surface area contributed by atoms with Crippen molar-refractivity contribution in [1.29, 1.82) is 0 Å². The second-order valence-electron chi connectivity index (χ2n) is 6.01. The smallest absolute Gasteiger partial charge is 0.151 e. The van der Waals surface area contributed by atoms with E-state index in [1.54, 1.807) is 7.11 Å². The summed E-state index contributed by atoms with van der Waals surface area (Å²) >= 11 is 0. The topological polar surface area (TPSA) is 37.9 Å². The molecule has 3 nitrogen and oxygen atoms in total. The number of fused-ring (bicyclic) bond motifs is 1. The summed E-state index contributed by atoms with van der Waals surface area (Å²) in [7, 11) is 1.65. The molecule has 0 aliphatic heterocycles. The number of rotatable bonds is 3. The Morgan fingerprint density at radius 2 is 1.48 bits per heavy atom. The van der Waals surface area contributed by atoms with Crippen molar-refractivity contribution in [3.63, 3.8) is 0 Å². The third-order valence-corrected chi connectivity index (χ3v) is 4.27. The van der Waals surface area contributed by atoms with Crippen LogP contribution in [0.25, 0.3) is 33.4 Å². The van der Waals surface area contributed by atoms with Gasteiger partial charge in [-0.3, -0.25) is 0 Å². The van der Waals surface area contributed by atoms with Gasteiger partial charge in [0.15, 0.2) is 5.82 Å². The largest absolute Gasteiger partial charge is 0.497 e. The average molecular weight is 332 g/mol. The van der Waals surface area contributed by atoms with E-state index in [0.29, 0.717) is 11.2 Å². The SMILES string of the molecule is COc1ccc(-c2ccc(-c3nc4cc(C)[nH]c4cc3F)cc2)cc1. The van der Waals surface area contributed by atoms with Crippen LogP contribution >= 0.6 is 0 Å². The number of aryl methyl sites for hydroxylation is 1. The normalized spacial score (nSPS) is 11.0. The minimum atomic E-state index is -0.327. The highest BCUT2D eigenvalue weighted by molar-refractivity contribution is 5.80. The Hall–Kier alpha value is -3.14. The number of benzene rings is 2. The molecule has 0 spiro atoms. The van der Waals surface area contributed by atoms with Gasteiger partial charge in [-0.1, -0.05) is 36.4 Å². The molecule has 25 heavy (non-hydrogen) atoms. The highest BCUT2D eigenvalue weighted by Gasteiger charge is 2.11. The molecule has 4 aromatic rings. The van der Waals surface area contributed by atoms with Crippen molar-refractivity contribution in [3.05, 3.63) is 72.2 Å². The van der Waals surface area contributed by atoms with Crippen LogP contribution in [0, 0.1) is 12.7 Å². The van der Waals surface area contributed by atoms with E-state index >= 15 is 0 Å². The van der Waals surface area contributed by atoms with E-state index in [0.717, 1.165) is 33.7 Å². The highest BCUT2D eigenvalue weighted by atomic mass is 19.1. The zero-order valence-electron chi connectivity index (χ0n) is 14.0. The van der Waals surface area contributed by atoms with Crippen LogP contribution < -0.4 is 4.74 Å². The van der Waals surface area contributed by atoms with Crippen molar-refractivity contribution in [2.24, 2.45) is 0 Å². The number of aromatic amines is 1. The van der Waals surface area contributed by atoms with Gasteiger partial charge in [0.1, 0.15) is 11.4 Å². The summed E-state index contributed by atoms with van der Waals surface area (Å²) < 4.78 is 19.6. The lowest BCUT2D eigenvalue weighted by atomic mass is 10.0. The molecule has 0 amide bonds. The Morgan fingerprint density at radius 1 is 0.880 bits per heavy atom. The summed E-state index contributed by atoms with van der Waals surface area (Å²) in [5.74, 6) is 0.494. The summed E-state index contributed by atoms with van der Waals surface area (Å²) in [4.78, 5) is 7.57. The monoisotopic (exact) mass is 332 g/mol. The minimum absolute atomic E-state index is 0.327. The lowest BCUT2D eigenvalue weighted by Crippen LogP contribution is -1.90. The molecule has 0 radical (unpaired) electrons. The predicted molar refractivity (Wildman–Crippen MR) is 98.2 cm³/mol. The number of hydrogen-bond donors (Lipinski definition) is 1. The molecule has 2 aromatic carbocycles. The molecule has 2 heterocycles. The molecule has 4 heteroatoms. The number of H-pyrrole nitrogens is 1. The third kappa shape index (κ3) is 2.87. The Balaban J connectivity index is 1.70. The fourth-order valence-electron chi connectivity index (χ4n) is 2.97. The first-order valence-corrected chi connectivity index (χ1v) is 8.05. The van der Waals surface area contributed by atoms with Gasteiger partial charge in [-0.2, -0.15) is 0 Å². The molecule has 0 fully saturated rings. The van der Waals surface area contributed by atoms with E-state index < -0.39 is 0 Å². The van der Waals surface area contributed by atoms with Crippen molar-refractivity contribution in [3.8, 4) is 28.1 Å². The highest BCUT2D eigenvalue weighted by Crippen LogP contribution is 2.28. The van der Waals surface area contributed by atoms with Crippen molar-refractivity contribution in [2.45, 2.75) is 6.92 Å². The number of nitrogens with zero attached hydrogens (tertiary/aromatic N) is 1. The van der Waals surface area contributed by atoms with Crippen LogP contribution in [0.3, 0.4) is 0 Å². The minimum Gasteiger partial charge on any atom is -0.497 e. The lowest BCUT2D eigenvalue weighted by molar-refractivity contribution is 0.415. The summed E-state index contributed by atoms with van der Waals surface area (Å²) in [6.45, 7) is 1.93. The Kier molecular flexibility index (Phi) is 3.73. The van der Waals surface area contributed by atoms with Crippen LogP contribution in [0.15, 0.2) is 60.7 Å². The maximum atomic E-state index is 14.4. The Labute approximate surface area is 145 Å². The van der Waals surface area contributed by atoms with Crippen molar-refractivity contribution >= 4 is 11.0 Å². The van der Waals surface area contributed by atoms with Gasteiger partial charge in [-0.15, -0.1) is 0 Å². The fourth-order valence-corrected chi connectivity index (χ4v) is 2.97. The van der Waals surface area contributed by atoms with Gasteiger partial charge in [0.25, 0.3) is 0 Å². The number of halogens is 1. The zero-order chi connectivity index (χ0) is 17.4. The van der Waals surface area contributed by atoms with E-state index in [4.69, 9.17) is 4.74 Å². The molecule has 0 atom stereocenters. The molecule has 0 saturated carbocycles. The summed E-state index contributed by atoms with van der Waals surface area (Å²) in [5.41, 5.74) is 5.72. The number of ether oxygens (including phenoxy) is 1. The first kappa shape index (κ1) is 15.4.